The van der Waals surface area contributed by atoms with Gasteiger partial charge in [-0.3, -0.25) is 4.98 Å². The third-order valence-corrected chi connectivity index (χ3v) is 4.76. The monoisotopic (exact) mass is 282 g/mol. The molecule has 6 nitrogen and oxygen atoms in total. The smallest absolute Gasteiger partial charge is 0.246 e. The minimum Gasteiger partial charge on any atom is -0.387 e. The van der Waals surface area contributed by atoms with Gasteiger partial charge in [-0.1, -0.05) is 0 Å². The van der Waals surface area contributed by atoms with Gasteiger partial charge in [0.15, 0.2) is 0 Å². The molecule has 0 atom stereocenters. The third-order valence-electron chi connectivity index (χ3n) is 2.66. The van der Waals surface area contributed by atoms with E-state index in [4.69, 9.17) is 5.26 Å². The summed E-state index contributed by atoms with van der Waals surface area (Å²) in [7, 11) is -2.00. The first-order chi connectivity index (χ1) is 8.95. The van der Waals surface area contributed by atoms with Gasteiger partial charge in [0.2, 0.25) is 10.0 Å². The lowest BCUT2D eigenvalue weighted by Gasteiger charge is -2.25. The Morgan fingerprint density at radius 1 is 1.53 bits per heavy atom. The Hall–Kier alpha value is -1.65. The van der Waals surface area contributed by atoms with Gasteiger partial charge in [0.05, 0.1) is 11.8 Å². The summed E-state index contributed by atoms with van der Waals surface area (Å²) in [6, 6.07) is 3.36. The van der Waals surface area contributed by atoms with Crippen molar-refractivity contribution >= 4 is 15.7 Å². The molecule has 0 aliphatic heterocycles. The lowest BCUT2D eigenvalue weighted by Crippen LogP contribution is -2.37. The fourth-order valence-corrected chi connectivity index (χ4v) is 3.52. The standard InChI is InChI=1S/C12H18N4O2S/c1-10(2)16(8-4-6-13)19(17,18)12-9-15-7-5-11(12)14-3/h5,7,9-10H,4,8H2,1-3H3,(H,14,15). The predicted molar refractivity (Wildman–Crippen MR) is 73.0 cm³/mol. The second-order valence-electron chi connectivity index (χ2n) is 4.24. The summed E-state index contributed by atoms with van der Waals surface area (Å²) in [5, 5.41) is 11.5. The van der Waals surface area contributed by atoms with Crippen molar-refractivity contribution in [2.45, 2.75) is 31.2 Å². The average Bonchev–Trinajstić information content (AvgIpc) is 2.38. The number of pyridine rings is 1. The van der Waals surface area contributed by atoms with Crippen LogP contribution in [0.15, 0.2) is 23.4 Å². The highest BCUT2D eigenvalue weighted by Gasteiger charge is 2.28. The molecule has 0 aliphatic rings. The van der Waals surface area contributed by atoms with Gasteiger partial charge >= 0.3 is 0 Å². The Bertz CT molecular complexity index is 563. The SMILES string of the molecule is CNc1ccncc1S(=O)(=O)N(CCC#N)C(C)C. The molecule has 1 N–H and O–H groups in total. The van der Waals surface area contributed by atoms with E-state index in [1.807, 2.05) is 6.07 Å². The fourth-order valence-electron chi connectivity index (χ4n) is 1.73. The number of hydrogen-bond donors (Lipinski definition) is 1. The zero-order chi connectivity index (χ0) is 14.5. The van der Waals surface area contributed by atoms with Crippen molar-refractivity contribution in [2.75, 3.05) is 18.9 Å². The van der Waals surface area contributed by atoms with E-state index < -0.39 is 10.0 Å². The summed E-state index contributed by atoms with van der Waals surface area (Å²) >= 11 is 0. The maximum absolute atomic E-state index is 12.6. The molecular formula is C12H18N4O2S. The molecule has 7 heteroatoms. The third kappa shape index (κ3) is 3.43. The second kappa shape index (κ2) is 6.50. The number of aromatic nitrogens is 1. The normalized spacial score (nSPS) is 11.6. The van der Waals surface area contributed by atoms with Crippen LogP contribution >= 0.6 is 0 Å². The van der Waals surface area contributed by atoms with Crippen LogP contribution in [0.5, 0.6) is 0 Å². The molecule has 0 radical (unpaired) electrons. The number of nitrogens with one attached hydrogen (secondary N) is 1. The first-order valence-corrected chi connectivity index (χ1v) is 7.39. The number of anilines is 1. The van der Waals surface area contributed by atoms with E-state index in [-0.39, 0.29) is 23.9 Å². The molecule has 19 heavy (non-hydrogen) atoms. The molecule has 0 spiro atoms. The van der Waals surface area contributed by atoms with Crippen LogP contribution in [0.25, 0.3) is 0 Å². The molecule has 0 bridgehead atoms. The fraction of sp³-hybridized carbons (Fsp3) is 0.500. The van der Waals surface area contributed by atoms with Crippen LogP contribution in [0.4, 0.5) is 5.69 Å². The summed E-state index contributed by atoms with van der Waals surface area (Å²) in [5.74, 6) is 0. The minimum atomic E-state index is -3.66. The Kier molecular flexibility index (Phi) is 5.27. The van der Waals surface area contributed by atoms with Crippen molar-refractivity contribution in [1.82, 2.24) is 9.29 Å². The van der Waals surface area contributed by atoms with Gasteiger partial charge in [0, 0.05) is 38.4 Å². The topological polar surface area (TPSA) is 86.1 Å². The number of sulfonamides is 1. The zero-order valence-corrected chi connectivity index (χ0v) is 12.1. The quantitative estimate of drug-likeness (QED) is 0.853. The van der Waals surface area contributed by atoms with Crippen molar-refractivity contribution in [3.05, 3.63) is 18.5 Å². The van der Waals surface area contributed by atoms with Gasteiger partial charge in [-0.15, -0.1) is 0 Å². The first-order valence-electron chi connectivity index (χ1n) is 5.95. The van der Waals surface area contributed by atoms with Gasteiger partial charge in [-0.2, -0.15) is 9.57 Å². The highest BCUT2D eigenvalue weighted by molar-refractivity contribution is 7.89. The van der Waals surface area contributed by atoms with Crippen molar-refractivity contribution in [3.63, 3.8) is 0 Å². The molecule has 104 valence electrons. The van der Waals surface area contributed by atoms with E-state index in [1.165, 1.54) is 16.7 Å². The largest absolute Gasteiger partial charge is 0.387 e. The van der Waals surface area contributed by atoms with Gasteiger partial charge in [0.1, 0.15) is 4.90 Å². The van der Waals surface area contributed by atoms with Gasteiger partial charge in [-0.25, -0.2) is 8.42 Å². The molecule has 0 saturated heterocycles. The molecule has 0 aliphatic carbocycles. The molecule has 0 saturated carbocycles. The van der Waals surface area contributed by atoms with Crippen LogP contribution in [0.2, 0.25) is 0 Å². The van der Waals surface area contributed by atoms with Crippen LogP contribution in [0.3, 0.4) is 0 Å². The van der Waals surface area contributed by atoms with E-state index in [0.29, 0.717) is 5.69 Å². The Labute approximate surface area is 114 Å². The van der Waals surface area contributed by atoms with E-state index in [2.05, 4.69) is 10.3 Å². The zero-order valence-electron chi connectivity index (χ0n) is 11.3. The Balaban J connectivity index is 3.23. The maximum Gasteiger partial charge on any atom is 0.246 e. The summed E-state index contributed by atoms with van der Waals surface area (Å²) < 4.78 is 26.5. The van der Waals surface area contributed by atoms with Crippen LogP contribution in [-0.4, -0.2) is 37.3 Å². The lowest BCUT2D eigenvalue weighted by molar-refractivity contribution is 0.360. The molecule has 0 aromatic carbocycles. The minimum absolute atomic E-state index is 0.129. The van der Waals surface area contributed by atoms with Gasteiger partial charge in [-0.05, 0) is 19.9 Å². The highest BCUT2D eigenvalue weighted by atomic mass is 32.2. The van der Waals surface area contributed by atoms with Crippen molar-refractivity contribution in [2.24, 2.45) is 0 Å². The number of rotatable bonds is 6. The highest BCUT2D eigenvalue weighted by Crippen LogP contribution is 2.24. The van der Waals surface area contributed by atoms with Gasteiger partial charge in [0.25, 0.3) is 0 Å². The molecular weight excluding hydrogens is 264 g/mol. The van der Waals surface area contributed by atoms with Gasteiger partial charge < -0.3 is 5.32 Å². The number of hydrogen-bond acceptors (Lipinski definition) is 5. The average molecular weight is 282 g/mol. The van der Waals surface area contributed by atoms with Crippen LogP contribution in [-0.2, 0) is 10.0 Å². The van der Waals surface area contributed by atoms with Crippen LogP contribution in [0.1, 0.15) is 20.3 Å². The number of nitriles is 1. The van der Waals surface area contributed by atoms with E-state index >= 15 is 0 Å². The summed E-state index contributed by atoms with van der Waals surface area (Å²) in [4.78, 5) is 4.00. The Morgan fingerprint density at radius 2 is 2.21 bits per heavy atom. The van der Waals surface area contributed by atoms with E-state index in [9.17, 15) is 8.42 Å². The molecule has 1 aromatic heterocycles. The molecule has 1 rings (SSSR count). The number of nitrogens with zero attached hydrogens (tertiary/aromatic N) is 3. The molecule has 1 heterocycles. The van der Waals surface area contributed by atoms with E-state index in [1.54, 1.807) is 27.0 Å². The molecule has 0 fully saturated rings. The van der Waals surface area contributed by atoms with Crippen molar-refractivity contribution in [3.8, 4) is 6.07 Å². The summed E-state index contributed by atoms with van der Waals surface area (Å²) in [6.07, 6.45) is 3.01. The lowest BCUT2D eigenvalue weighted by atomic mass is 10.3. The molecule has 1 aromatic rings. The molecule has 0 amide bonds. The van der Waals surface area contributed by atoms with Crippen molar-refractivity contribution < 1.29 is 8.42 Å². The Morgan fingerprint density at radius 3 is 2.74 bits per heavy atom. The predicted octanol–water partition coefficient (Wildman–Crippen LogP) is 1.44. The van der Waals surface area contributed by atoms with Crippen LogP contribution < -0.4 is 5.32 Å². The summed E-state index contributed by atoms with van der Waals surface area (Å²) in [5.41, 5.74) is 0.498. The van der Waals surface area contributed by atoms with E-state index in [0.717, 1.165) is 0 Å². The second-order valence-corrected chi connectivity index (χ2v) is 6.10. The summed E-state index contributed by atoms with van der Waals surface area (Å²) in [6.45, 7) is 3.74. The van der Waals surface area contributed by atoms with Crippen LogP contribution in [0, 0.1) is 11.3 Å². The molecule has 0 unspecified atom stereocenters. The maximum atomic E-state index is 12.6. The van der Waals surface area contributed by atoms with Crippen molar-refractivity contribution in [1.29, 1.82) is 5.26 Å². The first kappa shape index (κ1) is 15.4.